The molecule has 0 radical (unpaired) electrons. The number of rotatable bonds is 5. The Morgan fingerprint density at radius 2 is 1.35 bits per heavy atom. The SMILES string of the molecule is O=COc1ccc(/C=N/N=C/c2ccc(F)cc2)cc1. The van der Waals surface area contributed by atoms with Gasteiger partial charge in [-0.15, -0.1) is 0 Å². The molecule has 0 fully saturated rings. The zero-order chi connectivity index (χ0) is 14.2. The lowest BCUT2D eigenvalue weighted by Gasteiger charge is -1.96. The summed E-state index contributed by atoms with van der Waals surface area (Å²) in [4.78, 5) is 10.1. The van der Waals surface area contributed by atoms with Gasteiger partial charge in [0.05, 0.1) is 12.4 Å². The predicted molar refractivity (Wildman–Crippen MR) is 74.7 cm³/mol. The second kappa shape index (κ2) is 6.94. The van der Waals surface area contributed by atoms with Crippen molar-refractivity contribution in [3.63, 3.8) is 0 Å². The van der Waals surface area contributed by atoms with Crippen LogP contribution in [0.25, 0.3) is 0 Å². The Morgan fingerprint density at radius 1 is 0.850 bits per heavy atom. The van der Waals surface area contributed by atoms with E-state index in [1.165, 1.54) is 18.3 Å². The van der Waals surface area contributed by atoms with E-state index in [4.69, 9.17) is 0 Å². The lowest BCUT2D eigenvalue weighted by molar-refractivity contribution is -0.120. The van der Waals surface area contributed by atoms with E-state index in [-0.39, 0.29) is 5.82 Å². The Bertz CT molecular complexity index is 619. The molecule has 0 aromatic heterocycles. The summed E-state index contributed by atoms with van der Waals surface area (Å²) < 4.78 is 17.3. The lowest BCUT2D eigenvalue weighted by atomic mass is 10.2. The third-order valence-electron chi connectivity index (χ3n) is 2.41. The standard InChI is InChI=1S/C15H11FN2O2/c16-14-5-1-12(2-6-14)9-17-18-10-13-3-7-15(8-4-13)20-11-19/h1-11H/b17-9+,18-10+. The predicted octanol–water partition coefficient (Wildman–Crippen LogP) is 2.81. The maximum atomic E-state index is 12.7. The fourth-order valence-electron chi connectivity index (χ4n) is 1.44. The van der Waals surface area contributed by atoms with Crippen LogP contribution in [0.2, 0.25) is 0 Å². The summed E-state index contributed by atoms with van der Waals surface area (Å²) >= 11 is 0. The first-order chi connectivity index (χ1) is 9.78. The highest BCUT2D eigenvalue weighted by Crippen LogP contribution is 2.09. The molecule has 20 heavy (non-hydrogen) atoms. The van der Waals surface area contributed by atoms with Gasteiger partial charge >= 0.3 is 0 Å². The second-order valence-corrected chi connectivity index (χ2v) is 3.82. The van der Waals surface area contributed by atoms with Gasteiger partial charge in [0.25, 0.3) is 6.47 Å². The van der Waals surface area contributed by atoms with E-state index in [1.54, 1.807) is 42.6 Å². The molecule has 4 nitrogen and oxygen atoms in total. The molecule has 0 aliphatic carbocycles. The van der Waals surface area contributed by atoms with Gasteiger partial charge in [0.2, 0.25) is 0 Å². The minimum Gasteiger partial charge on any atom is -0.429 e. The van der Waals surface area contributed by atoms with Crippen LogP contribution < -0.4 is 4.74 Å². The van der Waals surface area contributed by atoms with Crippen molar-refractivity contribution >= 4 is 18.9 Å². The van der Waals surface area contributed by atoms with Crippen LogP contribution in [0.1, 0.15) is 11.1 Å². The Kier molecular flexibility index (Phi) is 4.72. The lowest BCUT2D eigenvalue weighted by Crippen LogP contribution is -1.88. The van der Waals surface area contributed by atoms with Crippen molar-refractivity contribution in [2.24, 2.45) is 10.2 Å². The highest BCUT2D eigenvalue weighted by Gasteiger charge is 1.92. The summed E-state index contributed by atoms with van der Waals surface area (Å²) in [5.74, 6) is 0.176. The van der Waals surface area contributed by atoms with E-state index in [2.05, 4.69) is 14.9 Å². The quantitative estimate of drug-likeness (QED) is 0.476. The van der Waals surface area contributed by atoms with Gasteiger partial charge in [0.1, 0.15) is 11.6 Å². The molecule has 2 aromatic rings. The second-order valence-electron chi connectivity index (χ2n) is 3.82. The van der Waals surface area contributed by atoms with Crippen molar-refractivity contribution in [3.05, 3.63) is 65.5 Å². The largest absolute Gasteiger partial charge is 0.429 e. The molecule has 5 heteroatoms. The van der Waals surface area contributed by atoms with Crippen LogP contribution in [-0.4, -0.2) is 18.9 Å². The van der Waals surface area contributed by atoms with Crippen LogP contribution in [0.15, 0.2) is 58.7 Å². The summed E-state index contributed by atoms with van der Waals surface area (Å²) in [6.45, 7) is 0.371. The first-order valence-corrected chi connectivity index (χ1v) is 5.80. The van der Waals surface area contributed by atoms with E-state index >= 15 is 0 Å². The van der Waals surface area contributed by atoms with Gasteiger partial charge in [-0.1, -0.05) is 12.1 Å². The summed E-state index contributed by atoms with van der Waals surface area (Å²) in [5, 5.41) is 7.74. The molecule has 2 aromatic carbocycles. The minimum atomic E-state index is -0.289. The van der Waals surface area contributed by atoms with Gasteiger partial charge in [-0.3, -0.25) is 4.79 Å². The van der Waals surface area contributed by atoms with Gasteiger partial charge < -0.3 is 4.74 Å². The number of hydrogen-bond acceptors (Lipinski definition) is 4. The molecule has 0 N–H and O–H groups in total. The number of nitrogens with zero attached hydrogens (tertiary/aromatic N) is 2. The summed E-state index contributed by atoms with van der Waals surface area (Å²) in [5.41, 5.74) is 1.58. The van der Waals surface area contributed by atoms with Crippen LogP contribution in [0, 0.1) is 5.82 Å². The monoisotopic (exact) mass is 270 g/mol. The van der Waals surface area contributed by atoms with Crippen molar-refractivity contribution in [2.75, 3.05) is 0 Å². The van der Waals surface area contributed by atoms with Crippen LogP contribution in [-0.2, 0) is 4.79 Å². The molecule has 0 amide bonds. The Morgan fingerprint density at radius 3 is 1.85 bits per heavy atom. The number of ether oxygens (including phenoxy) is 1. The fourth-order valence-corrected chi connectivity index (χ4v) is 1.44. The fraction of sp³-hybridized carbons (Fsp3) is 0. The Labute approximate surface area is 115 Å². The van der Waals surface area contributed by atoms with E-state index in [0.29, 0.717) is 12.2 Å². The molecular weight excluding hydrogens is 259 g/mol. The Balaban J connectivity index is 1.95. The van der Waals surface area contributed by atoms with Crippen molar-refractivity contribution in [2.45, 2.75) is 0 Å². The van der Waals surface area contributed by atoms with Crippen molar-refractivity contribution in [1.29, 1.82) is 0 Å². The number of benzene rings is 2. The van der Waals surface area contributed by atoms with Gasteiger partial charge in [-0.25, -0.2) is 4.39 Å². The van der Waals surface area contributed by atoms with Crippen molar-refractivity contribution in [1.82, 2.24) is 0 Å². The number of halogens is 1. The minimum absolute atomic E-state index is 0.289. The van der Waals surface area contributed by atoms with Gasteiger partial charge in [-0.05, 0) is 47.5 Å². The van der Waals surface area contributed by atoms with Crippen LogP contribution in [0.5, 0.6) is 5.75 Å². The van der Waals surface area contributed by atoms with Crippen molar-refractivity contribution < 1.29 is 13.9 Å². The van der Waals surface area contributed by atoms with E-state index in [1.807, 2.05) is 0 Å². The van der Waals surface area contributed by atoms with E-state index in [0.717, 1.165) is 11.1 Å². The molecule has 0 atom stereocenters. The molecule has 0 aliphatic heterocycles. The average molecular weight is 270 g/mol. The molecule has 0 aliphatic rings. The highest BCUT2D eigenvalue weighted by atomic mass is 19.1. The smallest absolute Gasteiger partial charge is 0.298 e. The van der Waals surface area contributed by atoms with E-state index < -0.39 is 0 Å². The van der Waals surface area contributed by atoms with Gasteiger partial charge in [-0.2, -0.15) is 10.2 Å². The molecule has 0 heterocycles. The molecule has 0 bridgehead atoms. The first-order valence-electron chi connectivity index (χ1n) is 5.80. The molecule has 0 spiro atoms. The average Bonchev–Trinajstić information content (AvgIpc) is 2.47. The van der Waals surface area contributed by atoms with Crippen LogP contribution in [0.4, 0.5) is 4.39 Å². The Hall–Kier alpha value is -2.82. The number of carbonyl (C=O) groups is 1. The molecule has 100 valence electrons. The van der Waals surface area contributed by atoms with Crippen LogP contribution in [0.3, 0.4) is 0 Å². The summed E-state index contributed by atoms with van der Waals surface area (Å²) in [7, 11) is 0. The maximum absolute atomic E-state index is 12.7. The zero-order valence-electron chi connectivity index (χ0n) is 10.4. The molecule has 0 saturated carbocycles. The highest BCUT2D eigenvalue weighted by molar-refractivity contribution is 5.82. The third-order valence-corrected chi connectivity index (χ3v) is 2.41. The maximum Gasteiger partial charge on any atom is 0.298 e. The van der Waals surface area contributed by atoms with Crippen molar-refractivity contribution in [3.8, 4) is 5.75 Å². The summed E-state index contributed by atoms with van der Waals surface area (Å²) in [6.07, 6.45) is 3.09. The third kappa shape index (κ3) is 4.13. The summed E-state index contributed by atoms with van der Waals surface area (Å²) in [6, 6.07) is 12.7. The first kappa shape index (κ1) is 13.6. The molecular formula is C15H11FN2O2. The molecule has 2 rings (SSSR count). The molecule has 0 saturated heterocycles. The topological polar surface area (TPSA) is 51.0 Å². The zero-order valence-corrected chi connectivity index (χ0v) is 10.4. The normalized spacial score (nSPS) is 11.1. The van der Waals surface area contributed by atoms with Gasteiger partial charge in [0.15, 0.2) is 0 Å². The number of carbonyl (C=O) groups excluding carboxylic acids is 1. The number of hydrogen-bond donors (Lipinski definition) is 0. The van der Waals surface area contributed by atoms with E-state index in [9.17, 15) is 9.18 Å². The van der Waals surface area contributed by atoms with Gasteiger partial charge in [0, 0.05) is 0 Å². The van der Waals surface area contributed by atoms with Crippen LogP contribution >= 0.6 is 0 Å². The molecule has 0 unspecified atom stereocenters.